The molecule has 0 radical (unpaired) electrons. The standard InChI is InChI=1S/C57H35N5O/c1-5-16-36(17-6-1)39-28-31-49-46(34-39)42-24-13-14-27-48(42)61(49)41-29-32-50-47(35-41)52-51(63-50)33-30-44-43-25-15-26-45(53(43)62(54(44)52)40-22-11-4-12-23-40)57-59-55(37-18-7-2-8-19-37)58-56(60-57)38-20-9-3-10-21-38/h1-35H. The lowest BCUT2D eigenvalue weighted by atomic mass is 10.0. The van der Waals surface area contributed by atoms with Gasteiger partial charge in [-0.05, 0) is 77.9 Å². The Morgan fingerprint density at radius 2 is 0.905 bits per heavy atom. The van der Waals surface area contributed by atoms with Gasteiger partial charge in [0.15, 0.2) is 17.5 Å². The fourth-order valence-corrected chi connectivity index (χ4v) is 9.55. The average molecular weight is 806 g/mol. The van der Waals surface area contributed by atoms with Crippen LogP contribution >= 0.6 is 0 Å². The van der Waals surface area contributed by atoms with Crippen molar-refractivity contribution < 1.29 is 4.42 Å². The Labute approximate surface area is 361 Å². The van der Waals surface area contributed by atoms with Crippen LogP contribution in [0, 0.1) is 0 Å². The van der Waals surface area contributed by atoms with Crippen LogP contribution in [0.4, 0.5) is 0 Å². The maximum Gasteiger partial charge on any atom is 0.166 e. The van der Waals surface area contributed by atoms with Gasteiger partial charge in [0.1, 0.15) is 11.2 Å². The van der Waals surface area contributed by atoms with Gasteiger partial charge in [0.25, 0.3) is 0 Å². The number of hydrogen-bond donors (Lipinski definition) is 0. The van der Waals surface area contributed by atoms with Gasteiger partial charge in [0.2, 0.25) is 0 Å². The summed E-state index contributed by atoms with van der Waals surface area (Å²) < 4.78 is 11.5. The molecule has 0 bridgehead atoms. The Balaban J connectivity index is 1.09. The van der Waals surface area contributed by atoms with Gasteiger partial charge in [-0.2, -0.15) is 0 Å². The van der Waals surface area contributed by atoms with Gasteiger partial charge >= 0.3 is 0 Å². The highest BCUT2D eigenvalue weighted by atomic mass is 16.3. The van der Waals surface area contributed by atoms with Crippen LogP contribution in [0.2, 0.25) is 0 Å². The van der Waals surface area contributed by atoms with E-state index in [1.165, 1.54) is 21.9 Å². The van der Waals surface area contributed by atoms with Crippen molar-refractivity contribution in [1.29, 1.82) is 0 Å². The van der Waals surface area contributed by atoms with Crippen LogP contribution in [0.5, 0.6) is 0 Å². The predicted molar refractivity (Wildman–Crippen MR) is 258 cm³/mol. The number of rotatable bonds is 6. The van der Waals surface area contributed by atoms with E-state index in [4.69, 9.17) is 19.4 Å². The van der Waals surface area contributed by atoms with Crippen LogP contribution < -0.4 is 0 Å². The van der Waals surface area contributed by atoms with Crippen molar-refractivity contribution in [3.63, 3.8) is 0 Å². The first kappa shape index (κ1) is 35.2. The SMILES string of the molecule is c1ccc(-c2ccc3c(c2)c2ccccc2n3-c2ccc3oc4ccc5c6cccc(-c7nc(-c8ccccc8)nc(-c8ccccc8)n7)c6n(-c6ccccc6)c5c4c3c2)cc1. The van der Waals surface area contributed by atoms with Crippen molar-refractivity contribution in [2.24, 2.45) is 0 Å². The summed E-state index contributed by atoms with van der Waals surface area (Å²) in [5.41, 5.74) is 13.3. The molecule has 6 heteroatoms. The molecule has 6 nitrogen and oxygen atoms in total. The summed E-state index contributed by atoms with van der Waals surface area (Å²) >= 11 is 0. The Hall–Kier alpha value is -8.61. The summed E-state index contributed by atoms with van der Waals surface area (Å²) in [5.74, 6) is 1.84. The third-order valence-electron chi connectivity index (χ3n) is 12.4. The molecule has 294 valence electrons. The largest absolute Gasteiger partial charge is 0.456 e. The second kappa shape index (κ2) is 14.0. The summed E-state index contributed by atoms with van der Waals surface area (Å²) in [6.45, 7) is 0. The van der Waals surface area contributed by atoms with Gasteiger partial charge in [0.05, 0.1) is 27.5 Å². The molecule has 4 aromatic heterocycles. The summed E-state index contributed by atoms with van der Waals surface area (Å²) in [6.07, 6.45) is 0. The van der Waals surface area contributed by atoms with Gasteiger partial charge < -0.3 is 13.6 Å². The molecule has 0 aliphatic carbocycles. The first-order valence-electron chi connectivity index (χ1n) is 21.2. The van der Waals surface area contributed by atoms with Crippen LogP contribution in [0.3, 0.4) is 0 Å². The number of hydrogen-bond acceptors (Lipinski definition) is 4. The third kappa shape index (κ3) is 5.55. The van der Waals surface area contributed by atoms with Gasteiger partial charge in [-0.15, -0.1) is 0 Å². The van der Waals surface area contributed by atoms with E-state index < -0.39 is 0 Å². The van der Waals surface area contributed by atoms with E-state index in [0.29, 0.717) is 17.5 Å². The molecule has 4 heterocycles. The molecule has 13 rings (SSSR count). The average Bonchev–Trinajstić information content (AvgIpc) is 4.02. The normalized spacial score (nSPS) is 11.8. The second-order valence-corrected chi connectivity index (χ2v) is 16.0. The summed E-state index contributed by atoms with van der Waals surface area (Å²) in [5, 5.41) is 6.73. The fourth-order valence-electron chi connectivity index (χ4n) is 9.55. The lowest BCUT2D eigenvalue weighted by molar-refractivity contribution is 0.669. The van der Waals surface area contributed by atoms with E-state index in [2.05, 4.69) is 161 Å². The molecular formula is C57H35N5O. The topological polar surface area (TPSA) is 61.7 Å². The Kier molecular flexibility index (Phi) is 7.80. The van der Waals surface area contributed by atoms with E-state index in [1.54, 1.807) is 0 Å². The smallest absolute Gasteiger partial charge is 0.166 e. The van der Waals surface area contributed by atoms with Crippen molar-refractivity contribution in [3.8, 4) is 56.7 Å². The van der Waals surface area contributed by atoms with Crippen molar-refractivity contribution in [2.45, 2.75) is 0 Å². The highest BCUT2D eigenvalue weighted by Crippen LogP contribution is 2.44. The van der Waals surface area contributed by atoms with E-state index in [0.717, 1.165) is 82.8 Å². The van der Waals surface area contributed by atoms with Gasteiger partial charge in [-0.3, -0.25) is 0 Å². The number of furan rings is 1. The van der Waals surface area contributed by atoms with E-state index in [9.17, 15) is 0 Å². The summed E-state index contributed by atoms with van der Waals surface area (Å²) in [6, 6.07) is 74.4. The van der Waals surface area contributed by atoms with Crippen molar-refractivity contribution in [3.05, 3.63) is 212 Å². The zero-order chi connectivity index (χ0) is 41.4. The molecule has 0 N–H and O–H groups in total. The van der Waals surface area contributed by atoms with Gasteiger partial charge in [-0.25, -0.2) is 15.0 Å². The molecule has 0 spiro atoms. The fraction of sp³-hybridized carbons (Fsp3) is 0. The number of para-hydroxylation sites is 3. The lowest BCUT2D eigenvalue weighted by Gasteiger charge is -2.13. The van der Waals surface area contributed by atoms with E-state index in [1.807, 2.05) is 60.7 Å². The first-order valence-corrected chi connectivity index (χ1v) is 21.2. The van der Waals surface area contributed by atoms with Crippen LogP contribution in [0.25, 0.3) is 122 Å². The number of benzene rings is 9. The number of fused-ring (bicyclic) bond motifs is 10. The quantitative estimate of drug-likeness (QED) is 0.168. The van der Waals surface area contributed by atoms with Crippen LogP contribution in [-0.4, -0.2) is 24.1 Å². The molecule has 9 aromatic carbocycles. The number of aromatic nitrogens is 5. The monoisotopic (exact) mass is 805 g/mol. The molecule has 0 atom stereocenters. The second-order valence-electron chi connectivity index (χ2n) is 16.0. The minimum atomic E-state index is 0.602. The third-order valence-corrected chi connectivity index (χ3v) is 12.4. The van der Waals surface area contributed by atoms with Crippen molar-refractivity contribution >= 4 is 65.6 Å². The van der Waals surface area contributed by atoms with E-state index >= 15 is 0 Å². The molecule has 0 unspecified atom stereocenters. The molecule has 0 aliphatic rings. The van der Waals surface area contributed by atoms with Crippen molar-refractivity contribution in [1.82, 2.24) is 24.1 Å². The minimum absolute atomic E-state index is 0.602. The molecular weight excluding hydrogens is 771 g/mol. The zero-order valence-corrected chi connectivity index (χ0v) is 33.9. The van der Waals surface area contributed by atoms with Gasteiger partial charge in [0, 0.05) is 55.0 Å². The zero-order valence-electron chi connectivity index (χ0n) is 33.9. The molecule has 63 heavy (non-hydrogen) atoms. The summed E-state index contributed by atoms with van der Waals surface area (Å²) in [7, 11) is 0. The summed E-state index contributed by atoms with van der Waals surface area (Å²) in [4.78, 5) is 15.4. The highest BCUT2D eigenvalue weighted by Gasteiger charge is 2.24. The van der Waals surface area contributed by atoms with Crippen LogP contribution in [-0.2, 0) is 0 Å². The molecule has 13 aromatic rings. The molecule has 0 saturated carbocycles. The Morgan fingerprint density at radius 3 is 1.63 bits per heavy atom. The molecule has 0 aliphatic heterocycles. The van der Waals surface area contributed by atoms with Crippen LogP contribution in [0.1, 0.15) is 0 Å². The lowest BCUT2D eigenvalue weighted by Crippen LogP contribution is -2.02. The minimum Gasteiger partial charge on any atom is -0.456 e. The van der Waals surface area contributed by atoms with E-state index in [-0.39, 0.29) is 0 Å². The number of nitrogens with zero attached hydrogens (tertiary/aromatic N) is 5. The Bertz CT molecular complexity index is 3830. The Morgan fingerprint density at radius 1 is 0.317 bits per heavy atom. The van der Waals surface area contributed by atoms with Crippen LogP contribution in [0.15, 0.2) is 217 Å². The van der Waals surface area contributed by atoms with Gasteiger partial charge in [-0.1, -0.05) is 146 Å². The molecule has 0 amide bonds. The predicted octanol–water partition coefficient (Wildman–Crippen LogP) is 14.6. The highest BCUT2D eigenvalue weighted by molar-refractivity contribution is 6.26. The maximum atomic E-state index is 6.75. The molecule has 0 fully saturated rings. The first-order chi connectivity index (χ1) is 31.2. The molecule has 0 saturated heterocycles. The van der Waals surface area contributed by atoms with Crippen molar-refractivity contribution in [2.75, 3.05) is 0 Å². The maximum absolute atomic E-state index is 6.75.